The van der Waals surface area contributed by atoms with Gasteiger partial charge in [-0.15, -0.1) is 0 Å². The Labute approximate surface area is 143 Å². The highest BCUT2D eigenvalue weighted by atomic mass is 28.5. The van der Waals surface area contributed by atoms with Crippen LogP contribution in [0, 0.1) is 0 Å². The fourth-order valence-corrected chi connectivity index (χ4v) is 19.8. The van der Waals surface area contributed by atoms with Gasteiger partial charge in [0.2, 0.25) is 0 Å². The van der Waals surface area contributed by atoms with Crippen molar-refractivity contribution in [1.82, 2.24) is 0 Å². The van der Waals surface area contributed by atoms with E-state index in [1.807, 2.05) is 0 Å². The average molecular weight is 385 g/mol. The summed E-state index contributed by atoms with van der Waals surface area (Å²) < 4.78 is 23.4. The van der Waals surface area contributed by atoms with Gasteiger partial charge in [-0.2, -0.15) is 0 Å². The molecule has 0 spiro atoms. The fourth-order valence-electron chi connectivity index (χ4n) is 2.20. The molecule has 136 valence electrons. The van der Waals surface area contributed by atoms with E-state index in [0.29, 0.717) is 6.10 Å². The van der Waals surface area contributed by atoms with Crippen molar-refractivity contribution < 1.29 is 17.1 Å². The van der Waals surface area contributed by atoms with Crippen molar-refractivity contribution in [2.24, 2.45) is 0 Å². The SMILES string of the molecule is C.CC1CO1.C[Si](C)(C)O[Si](C)(C)O[Si](C)(C)O[Si](C)(C)C. The quantitative estimate of drug-likeness (QED) is 0.469. The molecule has 1 atom stereocenters. The van der Waals surface area contributed by atoms with Crippen LogP contribution in [0.5, 0.6) is 0 Å². The Balaban J connectivity index is 0. The Bertz CT molecular complexity index is 292. The summed E-state index contributed by atoms with van der Waals surface area (Å²) in [4.78, 5) is 0. The molecule has 1 aliphatic rings. The van der Waals surface area contributed by atoms with Gasteiger partial charge in [0.25, 0.3) is 0 Å². The highest BCUT2D eigenvalue weighted by Gasteiger charge is 2.41. The van der Waals surface area contributed by atoms with Gasteiger partial charge in [0.05, 0.1) is 12.7 Å². The predicted molar refractivity (Wildman–Crippen MR) is 107 cm³/mol. The van der Waals surface area contributed by atoms with E-state index < -0.39 is 33.8 Å². The number of hydrogen-bond acceptors (Lipinski definition) is 4. The average Bonchev–Trinajstić information content (AvgIpc) is 2.74. The van der Waals surface area contributed by atoms with Crippen LogP contribution in [-0.2, 0) is 17.1 Å². The van der Waals surface area contributed by atoms with Gasteiger partial charge in [-0.25, -0.2) is 0 Å². The molecule has 1 aliphatic heterocycles. The van der Waals surface area contributed by atoms with E-state index in [1.54, 1.807) is 0 Å². The second kappa shape index (κ2) is 8.70. The third kappa shape index (κ3) is 17.1. The third-order valence-corrected chi connectivity index (χ3v) is 14.9. The summed E-state index contributed by atoms with van der Waals surface area (Å²) in [6.07, 6.45) is 0.583. The first kappa shape index (κ1) is 25.0. The van der Waals surface area contributed by atoms with E-state index >= 15 is 0 Å². The Morgan fingerprint density at radius 1 is 0.682 bits per heavy atom. The van der Waals surface area contributed by atoms with E-state index in [2.05, 4.69) is 72.4 Å². The van der Waals surface area contributed by atoms with Gasteiger partial charge in [-0.05, 0) is 72.4 Å². The maximum absolute atomic E-state index is 6.28. The van der Waals surface area contributed by atoms with E-state index in [0.717, 1.165) is 6.61 Å². The molecule has 0 N–H and O–H groups in total. The lowest BCUT2D eigenvalue weighted by atomic mass is 10.6. The Kier molecular flexibility index (Phi) is 9.87. The van der Waals surface area contributed by atoms with Gasteiger partial charge in [0.15, 0.2) is 16.6 Å². The number of rotatable bonds is 6. The molecule has 0 bridgehead atoms. The topological polar surface area (TPSA) is 40.2 Å². The summed E-state index contributed by atoms with van der Waals surface area (Å²) in [5.74, 6) is 0. The molecule has 0 saturated carbocycles. The van der Waals surface area contributed by atoms with Crippen molar-refractivity contribution >= 4 is 33.8 Å². The molecule has 0 radical (unpaired) electrons. The molecule has 1 fully saturated rings. The molecule has 1 saturated heterocycles. The molecular formula is C14H40O4Si4. The minimum Gasteiger partial charge on any atom is -0.437 e. The van der Waals surface area contributed by atoms with Gasteiger partial charge in [-0.1, -0.05) is 7.43 Å². The van der Waals surface area contributed by atoms with Gasteiger partial charge in [-0.3, -0.25) is 0 Å². The molecule has 0 aliphatic carbocycles. The van der Waals surface area contributed by atoms with Crippen molar-refractivity contribution in [2.75, 3.05) is 6.61 Å². The fraction of sp³-hybridized carbons (Fsp3) is 1.00. The van der Waals surface area contributed by atoms with Crippen LogP contribution in [0.15, 0.2) is 0 Å². The third-order valence-electron chi connectivity index (χ3n) is 2.10. The normalized spacial score (nSPS) is 19.0. The second-order valence-corrected chi connectivity index (χ2v) is 25.0. The standard InChI is InChI=1S/C10H30O3Si4.C3H6O.CH4/c1-14(2,3)11-16(7,8)13-17(9,10)12-15(4,5)6;1-3-2-4-3;/h1-10H3;3H,2H2,1H3;1H4. The smallest absolute Gasteiger partial charge is 0.312 e. The maximum Gasteiger partial charge on any atom is 0.312 e. The lowest BCUT2D eigenvalue weighted by Gasteiger charge is -2.39. The Morgan fingerprint density at radius 2 is 0.909 bits per heavy atom. The highest BCUT2D eigenvalue weighted by molar-refractivity contribution is 6.89. The van der Waals surface area contributed by atoms with E-state index in [4.69, 9.17) is 17.1 Å². The molecule has 4 nitrogen and oxygen atoms in total. The zero-order valence-corrected chi connectivity index (χ0v) is 19.9. The Morgan fingerprint density at radius 3 is 1.05 bits per heavy atom. The van der Waals surface area contributed by atoms with Gasteiger partial charge >= 0.3 is 17.1 Å². The van der Waals surface area contributed by atoms with Crippen molar-refractivity contribution in [2.45, 2.75) is 85.9 Å². The molecule has 1 heterocycles. The van der Waals surface area contributed by atoms with Crippen molar-refractivity contribution in [3.05, 3.63) is 0 Å². The summed E-state index contributed by atoms with van der Waals surface area (Å²) in [5.41, 5.74) is 0. The van der Waals surface area contributed by atoms with Gasteiger partial charge in [0, 0.05) is 0 Å². The summed E-state index contributed by atoms with van der Waals surface area (Å²) in [6, 6.07) is 0. The number of hydrogen-bond donors (Lipinski definition) is 0. The first-order valence-corrected chi connectivity index (χ1v) is 20.2. The number of ether oxygens (including phenoxy) is 1. The van der Waals surface area contributed by atoms with Crippen LogP contribution in [0.25, 0.3) is 0 Å². The summed E-state index contributed by atoms with van der Waals surface area (Å²) >= 11 is 0. The largest absolute Gasteiger partial charge is 0.437 e. The predicted octanol–water partition coefficient (Wildman–Crippen LogP) is 5.15. The monoisotopic (exact) mass is 384 g/mol. The van der Waals surface area contributed by atoms with Crippen LogP contribution in [0.3, 0.4) is 0 Å². The summed E-state index contributed by atoms with van der Waals surface area (Å²) in [7, 11) is -7.18. The molecule has 0 aromatic heterocycles. The lowest BCUT2D eigenvalue weighted by molar-refractivity contribution is 0.331. The maximum atomic E-state index is 6.28. The van der Waals surface area contributed by atoms with Gasteiger partial charge in [0.1, 0.15) is 0 Å². The van der Waals surface area contributed by atoms with Crippen LogP contribution in [0.4, 0.5) is 0 Å². The number of epoxide rings is 1. The molecule has 0 aromatic carbocycles. The first-order valence-electron chi connectivity index (χ1n) is 7.73. The van der Waals surface area contributed by atoms with Crippen LogP contribution in [0.1, 0.15) is 14.4 Å². The molecule has 1 rings (SSSR count). The van der Waals surface area contributed by atoms with E-state index in [1.165, 1.54) is 0 Å². The molecule has 0 aromatic rings. The first-order chi connectivity index (χ1) is 9.02. The highest BCUT2D eigenvalue weighted by Crippen LogP contribution is 2.23. The summed E-state index contributed by atoms with van der Waals surface area (Å²) in [6.45, 7) is 24.8. The van der Waals surface area contributed by atoms with Crippen LogP contribution in [-0.4, -0.2) is 46.5 Å². The molecular weight excluding hydrogens is 344 g/mol. The minimum absolute atomic E-state index is 0. The van der Waals surface area contributed by atoms with Crippen molar-refractivity contribution in [3.8, 4) is 0 Å². The molecule has 22 heavy (non-hydrogen) atoms. The molecule has 1 unspecified atom stereocenters. The Hall–Kier alpha value is 0.708. The second-order valence-electron chi connectivity index (χ2n) is 8.47. The van der Waals surface area contributed by atoms with E-state index in [-0.39, 0.29) is 7.43 Å². The van der Waals surface area contributed by atoms with E-state index in [9.17, 15) is 0 Å². The van der Waals surface area contributed by atoms with Crippen LogP contribution in [0.2, 0.25) is 65.5 Å². The van der Waals surface area contributed by atoms with Crippen LogP contribution >= 0.6 is 0 Å². The lowest BCUT2D eigenvalue weighted by Crippen LogP contribution is -2.55. The summed E-state index contributed by atoms with van der Waals surface area (Å²) in [5, 5.41) is 0. The molecule has 0 amide bonds. The van der Waals surface area contributed by atoms with Crippen LogP contribution < -0.4 is 0 Å². The minimum atomic E-state index is -2.05. The van der Waals surface area contributed by atoms with Crippen molar-refractivity contribution in [1.29, 1.82) is 0 Å². The van der Waals surface area contributed by atoms with Crippen molar-refractivity contribution in [3.63, 3.8) is 0 Å². The molecule has 8 heteroatoms. The zero-order chi connectivity index (χ0) is 17.1. The zero-order valence-electron chi connectivity index (χ0n) is 15.9. The van der Waals surface area contributed by atoms with Gasteiger partial charge < -0.3 is 17.1 Å².